The zero-order chi connectivity index (χ0) is 23.4. The summed E-state index contributed by atoms with van der Waals surface area (Å²) in [4.78, 5) is 16.8. The van der Waals surface area contributed by atoms with Crippen molar-refractivity contribution < 1.29 is 8.42 Å². The van der Waals surface area contributed by atoms with E-state index in [2.05, 4.69) is 48.0 Å². The Balaban J connectivity index is 1.55. The molecule has 0 atom stereocenters. The van der Waals surface area contributed by atoms with Gasteiger partial charge in [-0.3, -0.25) is 4.98 Å². The van der Waals surface area contributed by atoms with Gasteiger partial charge in [0, 0.05) is 36.4 Å². The van der Waals surface area contributed by atoms with E-state index in [0.29, 0.717) is 9.77 Å². The normalized spacial score (nSPS) is 13.0. The fourth-order valence-corrected chi connectivity index (χ4v) is 3.91. The number of hydrogen-bond acceptors (Lipinski definition) is 10. The molecule has 0 amide bonds. The fourth-order valence-electron chi connectivity index (χ4n) is 3.30. The van der Waals surface area contributed by atoms with Crippen LogP contribution in [0.25, 0.3) is 0 Å². The largest absolute Gasteiger partial charge is 0.363 e. The summed E-state index contributed by atoms with van der Waals surface area (Å²) in [6.45, 7) is 1.81. The highest BCUT2D eigenvalue weighted by molar-refractivity contribution is 7.93. The number of sulfonamides is 1. The first kappa shape index (κ1) is 22.7. The van der Waals surface area contributed by atoms with Gasteiger partial charge in [0.05, 0.1) is 19.0 Å². The van der Waals surface area contributed by atoms with Crippen LogP contribution >= 0.6 is 11.8 Å². The standard InChI is InChI=1S/C20H20ClN9O2S/c1-33(31,32)30(21)19-17(24-6-7-25-19)12-26-18-15(9-22)11-27-20(29-18)28-16-3-2-14-10-23-5-4-13(14)8-16/h2-3,6-8,11,23H,4-5,10,12H2,1H3,(H2,26,27,28,29). The van der Waals surface area contributed by atoms with Gasteiger partial charge in [0.25, 0.3) is 0 Å². The topological polar surface area (TPSA) is 149 Å². The van der Waals surface area contributed by atoms with Crippen LogP contribution in [0.2, 0.25) is 0 Å². The van der Waals surface area contributed by atoms with Crippen molar-refractivity contribution in [2.24, 2.45) is 0 Å². The van der Waals surface area contributed by atoms with E-state index in [4.69, 9.17) is 11.8 Å². The summed E-state index contributed by atoms with van der Waals surface area (Å²) in [6, 6.07) is 8.11. The van der Waals surface area contributed by atoms with Crippen LogP contribution in [0.15, 0.2) is 36.8 Å². The fraction of sp³-hybridized carbons (Fsp3) is 0.250. The van der Waals surface area contributed by atoms with Crippen molar-refractivity contribution in [2.75, 3.05) is 27.3 Å². The third kappa shape index (κ3) is 5.28. The molecular weight excluding hydrogens is 466 g/mol. The first-order valence-electron chi connectivity index (χ1n) is 9.91. The van der Waals surface area contributed by atoms with Crippen molar-refractivity contribution >= 4 is 45.1 Å². The molecule has 33 heavy (non-hydrogen) atoms. The molecule has 1 aromatic carbocycles. The van der Waals surface area contributed by atoms with Crippen LogP contribution in [0, 0.1) is 11.3 Å². The minimum atomic E-state index is -3.75. The maximum Gasteiger partial charge on any atom is 0.247 e. The summed E-state index contributed by atoms with van der Waals surface area (Å²) in [5.41, 5.74) is 3.84. The van der Waals surface area contributed by atoms with Crippen LogP contribution in [0.5, 0.6) is 0 Å². The molecule has 0 spiro atoms. The molecule has 13 heteroatoms. The molecule has 3 N–H and O–H groups in total. The first-order valence-corrected chi connectivity index (χ1v) is 12.1. The van der Waals surface area contributed by atoms with E-state index in [0.717, 1.165) is 31.5 Å². The van der Waals surface area contributed by atoms with Crippen LogP contribution in [0.4, 0.5) is 23.3 Å². The number of anilines is 4. The molecule has 0 aliphatic carbocycles. The third-order valence-electron chi connectivity index (χ3n) is 4.89. The lowest BCUT2D eigenvalue weighted by Crippen LogP contribution is -2.23. The minimum absolute atomic E-state index is 0.0267. The van der Waals surface area contributed by atoms with Crippen molar-refractivity contribution in [3.63, 3.8) is 0 Å². The molecule has 170 valence electrons. The van der Waals surface area contributed by atoms with Crippen LogP contribution in [0.1, 0.15) is 22.4 Å². The van der Waals surface area contributed by atoms with E-state index in [9.17, 15) is 13.7 Å². The predicted octanol–water partition coefficient (Wildman–Crippen LogP) is 2.06. The number of rotatable bonds is 7. The SMILES string of the molecule is CS(=O)(=O)N(Cl)c1nccnc1CNc1nc(Nc2ccc3c(c2)CCNC3)ncc1C#N. The highest BCUT2D eigenvalue weighted by Gasteiger charge is 2.21. The highest BCUT2D eigenvalue weighted by atomic mass is 35.5. The second kappa shape index (κ2) is 9.53. The Kier molecular flexibility index (Phi) is 6.55. The lowest BCUT2D eigenvalue weighted by Gasteiger charge is -2.18. The number of aromatic nitrogens is 4. The monoisotopic (exact) mass is 485 g/mol. The number of nitriles is 1. The van der Waals surface area contributed by atoms with Gasteiger partial charge < -0.3 is 16.0 Å². The molecular formula is C20H20ClN9O2S. The molecule has 0 unspecified atom stereocenters. The van der Waals surface area contributed by atoms with E-state index in [-0.39, 0.29) is 29.4 Å². The van der Waals surface area contributed by atoms with Gasteiger partial charge in [0.2, 0.25) is 16.0 Å². The summed E-state index contributed by atoms with van der Waals surface area (Å²) >= 11 is 5.92. The Bertz CT molecular complexity index is 1330. The predicted molar refractivity (Wildman–Crippen MR) is 124 cm³/mol. The Morgan fingerprint density at radius 3 is 2.85 bits per heavy atom. The molecule has 0 saturated heterocycles. The van der Waals surface area contributed by atoms with Gasteiger partial charge in [0.15, 0.2) is 5.82 Å². The molecule has 11 nitrogen and oxygen atoms in total. The smallest absolute Gasteiger partial charge is 0.247 e. The van der Waals surface area contributed by atoms with Gasteiger partial charge >= 0.3 is 0 Å². The molecule has 0 saturated carbocycles. The number of nitrogens with one attached hydrogen (secondary N) is 3. The van der Waals surface area contributed by atoms with Crippen molar-refractivity contribution in [3.05, 3.63) is 59.2 Å². The van der Waals surface area contributed by atoms with Gasteiger partial charge in [0.1, 0.15) is 23.1 Å². The van der Waals surface area contributed by atoms with Gasteiger partial charge in [-0.15, -0.1) is 0 Å². The van der Waals surface area contributed by atoms with Crippen molar-refractivity contribution in [1.82, 2.24) is 25.3 Å². The van der Waals surface area contributed by atoms with E-state index in [1.165, 1.54) is 29.7 Å². The van der Waals surface area contributed by atoms with Gasteiger partial charge in [-0.25, -0.2) is 18.4 Å². The lowest BCUT2D eigenvalue weighted by atomic mass is 10.0. The molecule has 1 aliphatic heterocycles. The van der Waals surface area contributed by atoms with Crippen LogP contribution in [-0.4, -0.2) is 41.2 Å². The third-order valence-corrected chi connectivity index (χ3v) is 6.56. The van der Waals surface area contributed by atoms with Crippen LogP contribution < -0.4 is 19.8 Å². The van der Waals surface area contributed by atoms with Crippen molar-refractivity contribution in [2.45, 2.75) is 19.5 Å². The molecule has 0 bridgehead atoms. The second-order valence-electron chi connectivity index (χ2n) is 7.26. The van der Waals surface area contributed by atoms with E-state index in [1.54, 1.807) is 0 Å². The van der Waals surface area contributed by atoms with E-state index < -0.39 is 10.0 Å². The number of fused-ring (bicyclic) bond motifs is 1. The number of nitrogens with zero attached hydrogens (tertiary/aromatic N) is 6. The highest BCUT2D eigenvalue weighted by Crippen LogP contribution is 2.24. The zero-order valence-electron chi connectivity index (χ0n) is 17.6. The molecule has 0 radical (unpaired) electrons. The summed E-state index contributed by atoms with van der Waals surface area (Å²) < 4.78 is 24.1. The zero-order valence-corrected chi connectivity index (χ0v) is 19.2. The first-order chi connectivity index (χ1) is 15.8. The lowest BCUT2D eigenvalue weighted by molar-refractivity contribution is 0.603. The van der Waals surface area contributed by atoms with Crippen molar-refractivity contribution in [3.8, 4) is 6.07 Å². The summed E-state index contributed by atoms with van der Waals surface area (Å²) in [6.07, 6.45) is 6.05. The molecule has 4 rings (SSSR count). The van der Waals surface area contributed by atoms with Gasteiger partial charge in [-0.05, 0) is 36.2 Å². The number of hydrogen-bond donors (Lipinski definition) is 3. The maximum atomic E-state index is 11.8. The van der Waals surface area contributed by atoms with Crippen LogP contribution in [0.3, 0.4) is 0 Å². The van der Waals surface area contributed by atoms with E-state index >= 15 is 0 Å². The van der Waals surface area contributed by atoms with Gasteiger partial charge in [-0.2, -0.15) is 14.1 Å². The second-order valence-corrected chi connectivity index (χ2v) is 9.63. The quantitative estimate of drug-likeness (QED) is 0.424. The van der Waals surface area contributed by atoms with Gasteiger partial charge in [-0.1, -0.05) is 6.07 Å². The van der Waals surface area contributed by atoms with Crippen LogP contribution in [-0.2, 0) is 29.5 Å². The van der Waals surface area contributed by atoms with E-state index in [1.807, 2.05) is 12.1 Å². The number of benzene rings is 1. The Hall–Kier alpha value is -3.53. The molecule has 3 aromatic rings. The summed E-state index contributed by atoms with van der Waals surface area (Å²) in [5, 5.41) is 18.9. The maximum absolute atomic E-state index is 11.8. The summed E-state index contributed by atoms with van der Waals surface area (Å²) in [5.74, 6) is 0.526. The average molecular weight is 486 g/mol. The molecule has 3 heterocycles. The molecule has 1 aliphatic rings. The molecule has 2 aromatic heterocycles. The Morgan fingerprint density at radius 1 is 1.24 bits per heavy atom. The minimum Gasteiger partial charge on any atom is -0.363 e. The average Bonchev–Trinajstić information content (AvgIpc) is 2.82. The number of halogens is 1. The van der Waals surface area contributed by atoms with Crippen molar-refractivity contribution in [1.29, 1.82) is 5.26 Å². The Labute approximate surface area is 196 Å². The molecule has 0 fully saturated rings. The Morgan fingerprint density at radius 2 is 2.06 bits per heavy atom. The summed E-state index contributed by atoms with van der Waals surface area (Å²) in [7, 11) is -3.75.